The van der Waals surface area contributed by atoms with Crippen LogP contribution in [0.4, 0.5) is 0 Å². The normalized spacial score (nSPS) is 13.7. The van der Waals surface area contributed by atoms with Gasteiger partial charge in [-0.25, -0.2) is 0 Å². The molecule has 0 aromatic heterocycles. The van der Waals surface area contributed by atoms with E-state index in [1.807, 2.05) is 0 Å². The largest absolute Gasteiger partial charge is 0.346 e. The number of rotatable bonds is 7. The quantitative estimate of drug-likeness (QED) is 0.508. The molecule has 0 aliphatic rings. The summed E-state index contributed by atoms with van der Waals surface area (Å²) >= 11 is 0. The fourth-order valence-electron chi connectivity index (χ4n) is 2.48. The Morgan fingerprint density at radius 3 is 1.82 bits per heavy atom. The van der Waals surface area contributed by atoms with Gasteiger partial charge in [0.1, 0.15) is 16.5 Å². The second-order valence-corrected chi connectivity index (χ2v) is 19.2. The van der Waals surface area contributed by atoms with Gasteiger partial charge in [0.05, 0.1) is 0 Å². The highest BCUT2D eigenvalue weighted by atomic mass is 28.4. The summed E-state index contributed by atoms with van der Waals surface area (Å²) in [5.41, 5.74) is 4.02. The monoisotopic (exact) mass is 287 g/mol. The highest BCUT2D eigenvalue weighted by Gasteiger charge is 2.33. The number of hydrogen-bond donors (Lipinski definition) is 0. The lowest BCUT2D eigenvalue weighted by Gasteiger charge is -2.43. The molecule has 0 fully saturated rings. The van der Waals surface area contributed by atoms with Crippen molar-refractivity contribution in [3.63, 3.8) is 0 Å². The summed E-state index contributed by atoms with van der Waals surface area (Å²) in [6.07, 6.45) is 1.42. The molecule has 4 heteroatoms. The van der Waals surface area contributed by atoms with Gasteiger partial charge >= 0.3 is 0 Å². The minimum Gasteiger partial charge on any atom is -0.346 e. The Labute approximate surface area is 114 Å². The molecule has 0 bridgehead atoms. The highest BCUT2D eigenvalue weighted by Crippen LogP contribution is 2.20. The van der Waals surface area contributed by atoms with Gasteiger partial charge in [-0.15, -0.1) is 5.70 Å². The van der Waals surface area contributed by atoms with Crippen LogP contribution in [0.2, 0.25) is 45.3 Å². The van der Waals surface area contributed by atoms with Crippen LogP contribution >= 0.6 is 0 Å². The van der Waals surface area contributed by atoms with Gasteiger partial charge in [-0.2, -0.15) is 0 Å². The number of nitrogens with zero attached hydrogens (tertiary/aromatic N) is 1. The zero-order chi connectivity index (χ0) is 13.7. The van der Waals surface area contributed by atoms with Crippen LogP contribution in [-0.4, -0.2) is 36.8 Å². The highest BCUT2D eigenvalue weighted by molar-refractivity contribution is 6.89. The van der Waals surface area contributed by atoms with E-state index in [1.54, 1.807) is 0 Å². The first-order chi connectivity index (χ1) is 7.55. The Kier molecular flexibility index (Phi) is 7.21. The zero-order valence-electron chi connectivity index (χ0n) is 13.4. The maximum Gasteiger partial charge on any atom is 0.112 e. The van der Waals surface area contributed by atoms with Crippen LogP contribution in [0.5, 0.6) is 0 Å². The fraction of sp³-hybridized carbons (Fsp3) is 0.846. The average molecular weight is 288 g/mol. The first-order valence-corrected chi connectivity index (χ1v) is 15.7. The van der Waals surface area contributed by atoms with Crippen LogP contribution in [-0.2, 0) is 0 Å². The number of hydrogen-bond acceptors (Lipinski definition) is 1. The van der Waals surface area contributed by atoms with Gasteiger partial charge in [-0.3, -0.25) is 0 Å². The Morgan fingerprint density at radius 1 is 1.00 bits per heavy atom. The third-order valence-corrected chi connectivity index (χ3v) is 12.7. The van der Waals surface area contributed by atoms with E-state index in [1.165, 1.54) is 24.6 Å². The maximum absolute atomic E-state index is 2.91. The van der Waals surface area contributed by atoms with Crippen molar-refractivity contribution in [1.82, 2.24) is 4.23 Å². The van der Waals surface area contributed by atoms with Gasteiger partial charge in [0.15, 0.2) is 0 Å². The minimum absolute atomic E-state index is 0.0754. The fourth-order valence-corrected chi connectivity index (χ4v) is 13.5. The minimum atomic E-state index is -1.11. The van der Waals surface area contributed by atoms with Gasteiger partial charge in [0.2, 0.25) is 0 Å². The molecule has 0 N–H and O–H groups in total. The molecule has 0 heterocycles. The van der Waals surface area contributed by atoms with E-state index in [0.29, 0.717) is 0 Å². The van der Waals surface area contributed by atoms with Crippen molar-refractivity contribution in [1.29, 1.82) is 0 Å². The molecule has 0 radical (unpaired) electrons. The molecule has 0 amide bonds. The Morgan fingerprint density at radius 2 is 1.47 bits per heavy atom. The van der Waals surface area contributed by atoms with E-state index in [-0.39, 0.29) is 9.52 Å². The predicted octanol–water partition coefficient (Wildman–Crippen LogP) is 3.86. The van der Waals surface area contributed by atoms with Gasteiger partial charge in [0.25, 0.3) is 0 Å². The summed E-state index contributed by atoms with van der Waals surface area (Å²) in [6, 6.07) is 1.48. The van der Waals surface area contributed by atoms with Crippen LogP contribution in [0.1, 0.15) is 20.3 Å². The summed E-state index contributed by atoms with van der Waals surface area (Å²) in [6.45, 7) is 20.8. The summed E-state index contributed by atoms with van der Waals surface area (Å²) in [5, 5.41) is 0. The van der Waals surface area contributed by atoms with Crippen LogP contribution in [0.15, 0.2) is 11.3 Å². The van der Waals surface area contributed by atoms with E-state index in [2.05, 4.69) is 63.1 Å². The molecule has 0 aromatic rings. The summed E-state index contributed by atoms with van der Waals surface area (Å²) in [7, 11) is -2.14. The lowest BCUT2D eigenvalue weighted by molar-refractivity contribution is 0.601. The van der Waals surface area contributed by atoms with Gasteiger partial charge in [-0.05, 0) is 26.8 Å². The second-order valence-electron chi connectivity index (χ2n) is 7.27. The van der Waals surface area contributed by atoms with Crippen LogP contribution in [0, 0.1) is 0 Å². The molecule has 1 nitrogen and oxygen atoms in total. The van der Waals surface area contributed by atoms with E-state index in [0.717, 1.165) is 0 Å². The number of allylic oxidation sites excluding steroid dienone is 1. The first-order valence-electron chi connectivity index (χ1n) is 6.96. The van der Waals surface area contributed by atoms with E-state index < -0.39 is 16.5 Å². The Bertz CT molecular complexity index is 230. The van der Waals surface area contributed by atoms with E-state index in [9.17, 15) is 0 Å². The molecule has 0 rings (SSSR count). The summed E-state index contributed by atoms with van der Waals surface area (Å²) < 4.78 is 2.91. The van der Waals surface area contributed by atoms with E-state index >= 15 is 0 Å². The Balaban J connectivity index is 4.17. The third-order valence-electron chi connectivity index (χ3n) is 3.01. The lowest BCUT2D eigenvalue weighted by atomic mass is 10.4. The van der Waals surface area contributed by atoms with Crippen molar-refractivity contribution in [3.8, 4) is 0 Å². The van der Waals surface area contributed by atoms with Crippen LogP contribution in [0.3, 0.4) is 0 Å². The van der Waals surface area contributed by atoms with Gasteiger partial charge < -0.3 is 4.23 Å². The van der Waals surface area contributed by atoms with Crippen molar-refractivity contribution in [3.05, 3.63) is 11.3 Å². The molecule has 102 valence electrons. The molecule has 0 unspecified atom stereocenters. The second kappa shape index (κ2) is 7.07. The molecule has 0 saturated carbocycles. The van der Waals surface area contributed by atoms with Crippen molar-refractivity contribution in [2.45, 2.75) is 65.6 Å². The summed E-state index contributed by atoms with van der Waals surface area (Å²) in [4.78, 5) is 0. The maximum atomic E-state index is 2.91. The van der Waals surface area contributed by atoms with Crippen molar-refractivity contribution >= 4 is 26.0 Å². The molecular formula is C13H33NSi3. The van der Waals surface area contributed by atoms with Crippen molar-refractivity contribution in [2.24, 2.45) is 0 Å². The van der Waals surface area contributed by atoms with Crippen molar-refractivity contribution < 1.29 is 0 Å². The smallest absolute Gasteiger partial charge is 0.112 e. The third kappa shape index (κ3) is 8.13. The average Bonchev–Trinajstić information content (AvgIpc) is 2.05. The molecule has 0 aliphatic carbocycles. The molecule has 0 spiro atoms. The van der Waals surface area contributed by atoms with Crippen LogP contribution in [0.25, 0.3) is 0 Å². The first kappa shape index (κ1) is 17.4. The SMILES string of the molecule is CC(C)=C[SiH2]CCCN([Si](C)(C)C)[Si](C)(C)C. The van der Waals surface area contributed by atoms with Gasteiger partial charge in [-0.1, -0.05) is 50.9 Å². The molecule has 0 aromatic carbocycles. The van der Waals surface area contributed by atoms with E-state index in [4.69, 9.17) is 0 Å². The molecular weight excluding hydrogens is 254 g/mol. The summed E-state index contributed by atoms with van der Waals surface area (Å²) in [5.74, 6) is 0. The zero-order valence-corrected chi connectivity index (χ0v) is 16.8. The molecule has 0 atom stereocenters. The standard InChI is InChI=1S/C13H33NSi3/c1-13(2)12-15-11-9-10-14(16(3,4)5)17(6,7)8/h12H,9-11,15H2,1-8H3. The lowest BCUT2D eigenvalue weighted by Crippen LogP contribution is -2.59. The molecule has 17 heavy (non-hydrogen) atoms. The molecule has 0 aliphatic heterocycles. The topological polar surface area (TPSA) is 3.24 Å². The van der Waals surface area contributed by atoms with Crippen molar-refractivity contribution in [2.75, 3.05) is 6.54 Å². The Hall–Kier alpha value is 0.351. The van der Waals surface area contributed by atoms with Gasteiger partial charge in [0, 0.05) is 9.52 Å². The van der Waals surface area contributed by atoms with Crippen LogP contribution < -0.4 is 0 Å². The molecule has 0 saturated heterocycles. The predicted molar refractivity (Wildman–Crippen MR) is 90.8 cm³/mol.